The van der Waals surface area contributed by atoms with E-state index in [9.17, 15) is 0 Å². The van der Waals surface area contributed by atoms with Crippen LogP contribution in [0.4, 0.5) is 0 Å². The molecule has 1 aromatic rings. The van der Waals surface area contributed by atoms with Crippen LogP contribution in [-0.2, 0) is 0 Å². The molecule has 4 heteroatoms. The molecule has 2 N–H and O–H groups in total. The second-order valence-corrected chi connectivity index (χ2v) is 3.39. The minimum atomic E-state index is 0.511. The van der Waals surface area contributed by atoms with E-state index < -0.39 is 0 Å². The van der Waals surface area contributed by atoms with Gasteiger partial charge >= 0.3 is 0 Å². The van der Waals surface area contributed by atoms with Crippen molar-refractivity contribution in [3.63, 3.8) is 0 Å². The molecule has 1 aliphatic rings. The van der Waals surface area contributed by atoms with Crippen LogP contribution in [0.2, 0.25) is 0 Å². The Morgan fingerprint density at radius 2 is 2.19 bits per heavy atom. The van der Waals surface area contributed by atoms with Crippen molar-refractivity contribution in [2.75, 3.05) is 26.9 Å². The van der Waals surface area contributed by atoms with Crippen LogP contribution in [0.25, 0.3) is 6.08 Å². The average molecular weight is 221 g/mol. The van der Waals surface area contributed by atoms with Gasteiger partial charge in [0.1, 0.15) is 13.2 Å². The molecule has 0 bridgehead atoms. The van der Waals surface area contributed by atoms with Crippen LogP contribution in [0, 0.1) is 0 Å². The normalized spacial score (nSPS) is 14.1. The van der Waals surface area contributed by atoms with Crippen molar-refractivity contribution in [1.82, 2.24) is 0 Å². The summed E-state index contributed by atoms with van der Waals surface area (Å²) in [6, 6.07) is 3.82. The Morgan fingerprint density at radius 1 is 1.38 bits per heavy atom. The molecule has 16 heavy (non-hydrogen) atoms. The molecule has 0 atom stereocenters. The summed E-state index contributed by atoms with van der Waals surface area (Å²) in [5.74, 6) is 2.09. The highest BCUT2D eigenvalue weighted by Gasteiger charge is 2.17. The van der Waals surface area contributed by atoms with Crippen LogP contribution >= 0.6 is 0 Å². The first-order valence-corrected chi connectivity index (χ1v) is 5.19. The fourth-order valence-corrected chi connectivity index (χ4v) is 1.59. The lowest BCUT2D eigenvalue weighted by molar-refractivity contribution is 0.165. The van der Waals surface area contributed by atoms with Crippen molar-refractivity contribution in [1.29, 1.82) is 0 Å². The van der Waals surface area contributed by atoms with Crippen molar-refractivity contribution in [2.45, 2.75) is 0 Å². The number of nitrogens with two attached hydrogens (primary N) is 1. The first-order chi connectivity index (χ1) is 7.85. The fraction of sp³-hybridized carbons (Fsp3) is 0.333. The van der Waals surface area contributed by atoms with Crippen molar-refractivity contribution in [2.24, 2.45) is 5.73 Å². The molecule has 4 nitrogen and oxygen atoms in total. The highest BCUT2D eigenvalue weighted by atomic mass is 16.6. The quantitative estimate of drug-likeness (QED) is 0.839. The molecule has 0 aromatic heterocycles. The number of methoxy groups -OCH3 is 1. The SMILES string of the molecule is COc1cc(/C=C/CN)cc2c1OCCO2. The summed E-state index contributed by atoms with van der Waals surface area (Å²) in [6.07, 6.45) is 3.81. The second kappa shape index (κ2) is 4.90. The summed E-state index contributed by atoms with van der Waals surface area (Å²) >= 11 is 0. The van der Waals surface area contributed by atoms with Gasteiger partial charge in [-0.25, -0.2) is 0 Å². The molecule has 86 valence electrons. The molecule has 2 rings (SSSR count). The Balaban J connectivity index is 2.39. The first kappa shape index (κ1) is 10.8. The molecule has 1 aromatic carbocycles. The molecule has 1 heterocycles. The lowest BCUT2D eigenvalue weighted by Crippen LogP contribution is -2.16. The molecule has 0 saturated heterocycles. The predicted octanol–water partition coefficient (Wildman–Crippen LogP) is 1.44. The number of hydrogen-bond acceptors (Lipinski definition) is 4. The smallest absolute Gasteiger partial charge is 0.203 e. The molecule has 0 fully saturated rings. The first-order valence-electron chi connectivity index (χ1n) is 5.19. The van der Waals surface area contributed by atoms with Crippen LogP contribution in [0.5, 0.6) is 17.2 Å². The van der Waals surface area contributed by atoms with Gasteiger partial charge in [-0.2, -0.15) is 0 Å². The highest BCUT2D eigenvalue weighted by molar-refractivity contribution is 5.62. The van der Waals surface area contributed by atoms with Crippen LogP contribution < -0.4 is 19.9 Å². The number of benzene rings is 1. The van der Waals surface area contributed by atoms with Gasteiger partial charge in [0.2, 0.25) is 5.75 Å². The van der Waals surface area contributed by atoms with Crippen molar-refractivity contribution in [3.05, 3.63) is 23.8 Å². The van der Waals surface area contributed by atoms with E-state index in [1.165, 1.54) is 0 Å². The molecule has 0 amide bonds. The molecule has 1 aliphatic heterocycles. The van der Waals surface area contributed by atoms with E-state index in [0.29, 0.717) is 31.3 Å². The van der Waals surface area contributed by atoms with Gasteiger partial charge in [0.15, 0.2) is 11.5 Å². The maximum absolute atomic E-state index is 5.52. The maximum atomic E-state index is 5.52. The van der Waals surface area contributed by atoms with E-state index in [0.717, 1.165) is 11.3 Å². The van der Waals surface area contributed by atoms with Gasteiger partial charge in [-0.05, 0) is 17.7 Å². The summed E-state index contributed by atoms with van der Waals surface area (Å²) in [5.41, 5.74) is 6.40. The second-order valence-electron chi connectivity index (χ2n) is 3.39. The Hall–Kier alpha value is -1.68. The summed E-state index contributed by atoms with van der Waals surface area (Å²) in [6.45, 7) is 1.64. The zero-order chi connectivity index (χ0) is 11.4. The predicted molar refractivity (Wildman–Crippen MR) is 62.1 cm³/mol. The number of rotatable bonds is 3. The molecule has 0 radical (unpaired) electrons. The minimum absolute atomic E-state index is 0.511. The van der Waals surface area contributed by atoms with E-state index in [1.807, 2.05) is 24.3 Å². The van der Waals surface area contributed by atoms with E-state index >= 15 is 0 Å². The Labute approximate surface area is 94.6 Å². The van der Waals surface area contributed by atoms with Gasteiger partial charge in [-0.3, -0.25) is 0 Å². The topological polar surface area (TPSA) is 53.7 Å². The molecule has 0 spiro atoms. The molecule has 0 aliphatic carbocycles. The van der Waals surface area contributed by atoms with Gasteiger partial charge in [-0.15, -0.1) is 0 Å². The molecule has 0 saturated carbocycles. The van der Waals surface area contributed by atoms with Gasteiger partial charge in [0.05, 0.1) is 7.11 Å². The average Bonchev–Trinajstić information content (AvgIpc) is 2.35. The number of ether oxygens (including phenoxy) is 3. The van der Waals surface area contributed by atoms with Crippen LogP contribution in [-0.4, -0.2) is 26.9 Å². The van der Waals surface area contributed by atoms with Gasteiger partial charge in [0.25, 0.3) is 0 Å². The third kappa shape index (κ3) is 2.12. The van der Waals surface area contributed by atoms with Gasteiger partial charge in [-0.1, -0.05) is 12.2 Å². The molecular formula is C12H15NO3. The number of hydrogen-bond donors (Lipinski definition) is 1. The highest BCUT2D eigenvalue weighted by Crippen LogP contribution is 2.40. The summed E-state index contributed by atoms with van der Waals surface area (Å²) in [4.78, 5) is 0. The monoisotopic (exact) mass is 221 g/mol. The minimum Gasteiger partial charge on any atom is -0.493 e. The van der Waals surface area contributed by atoms with Crippen LogP contribution in [0.3, 0.4) is 0 Å². The van der Waals surface area contributed by atoms with Crippen LogP contribution in [0.15, 0.2) is 18.2 Å². The molecule has 0 unspecified atom stereocenters. The van der Waals surface area contributed by atoms with Gasteiger partial charge in [0, 0.05) is 6.54 Å². The largest absolute Gasteiger partial charge is 0.493 e. The van der Waals surface area contributed by atoms with Crippen molar-refractivity contribution in [3.8, 4) is 17.2 Å². The Kier molecular flexibility index (Phi) is 3.31. The Bertz CT molecular complexity index is 384. The van der Waals surface area contributed by atoms with E-state index in [-0.39, 0.29) is 0 Å². The summed E-state index contributed by atoms with van der Waals surface area (Å²) in [7, 11) is 1.62. The summed E-state index contributed by atoms with van der Waals surface area (Å²) in [5, 5.41) is 0. The van der Waals surface area contributed by atoms with Crippen molar-refractivity contribution < 1.29 is 14.2 Å². The van der Waals surface area contributed by atoms with Crippen molar-refractivity contribution >= 4 is 6.08 Å². The summed E-state index contributed by atoms with van der Waals surface area (Å²) < 4.78 is 16.3. The standard InChI is InChI=1S/C12H15NO3/c1-14-10-7-9(3-2-4-13)8-11-12(10)16-6-5-15-11/h2-3,7-8H,4-6,13H2,1H3/b3-2+. The molecular weight excluding hydrogens is 206 g/mol. The zero-order valence-electron chi connectivity index (χ0n) is 9.23. The maximum Gasteiger partial charge on any atom is 0.203 e. The van der Waals surface area contributed by atoms with Crippen LogP contribution in [0.1, 0.15) is 5.56 Å². The van der Waals surface area contributed by atoms with Gasteiger partial charge < -0.3 is 19.9 Å². The third-order valence-corrected chi connectivity index (χ3v) is 2.30. The van der Waals surface area contributed by atoms with E-state index in [4.69, 9.17) is 19.9 Å². The lowest BCUT2D eigenvalue weighted by Gasteiger charge is -2.20. The van der Waals surface area contributed by atoms with E-state index in [1.54, 1.807) is 7.11 Å². The zero-order valence-corrected chi connectivity index (χ0v) is 9.23. The lowest BCUT2D eigenvalue weighted by atomic mass is 10.1. The van der Waals surface area contributed by atoms with E-state index in [2.05, 4.69) is 0 Å². The fourth-order valence-electron chi connectivity index (χ4n) is 1.59. The number of fused-ring (bicyclic) bond motifs is 1. The third-order valence-electron chi connectivity index (χ3n) is 2.30. The Morgan fingerprint density at radius 3 is 2.94 bits per heavy atom.